The number of hydrogen-bond acceptors (Lipinski definition) is 5. The molecule has 0 aliphatic heterocycles. The van der Waals surface area contributed by atoms with E-state index in [4.69, 9.17) is 4.74 Å². The lowest BCUT2D eigenvalue weighted by atomic mass is 9.98. The summed E-state index contributed by atoms with van der Waals surface area (Å²) in [4.78, 5) is 9.11. The molecule has 6 nitrogen and oxygen atoms in total. The van der Waals surface area contributed by atoms with Crippen LogP contribution in [0.3, 0.4) is 0 Å². The number of aromatic nitrogens is 3. The molecule has 5 rings (SSSR count). The second kappa shape index (κ2) is 7.43. The number of aryl methyl sites for hydroxylation is 1. The highest BCUT2D eigenvalue weighted by Crippen LogP contribution is 2.42. The molecule has 0 bridgehead atoms. The molecule has 29 heavy (non-hydrogen) atoms. The highest BCUT2D eigenvalue weighted by atomic mass is 16.5. The lowest BCUT2D eigenvalue weighted by molar-refractivity contribution is 0.0772. The van der Waals surface area contributed by atoms with Gasteiger partial charge in [0.1, 0.15) is 17.8 Å². The van der Waals surface area contributed by atoms with Gasteiger partial charge in [0.25, 0.3) is 0 Å². The minimum absolute atomic E-state index is 0.0117. The number of fused-ring (bicyclic) bond motifs is 2. The number of nitrogens with one attached hydrogen (secondary N) is 1. The zero-order valence-corrected chi connectivity index (χ0v) is 17.0. The van der Waals surface area contributed by atoms with Gasteiger partial charge in [0.15, 0.2) is 0 Å². The number of hydrogen-bond donors (Lipinski definition) is 2. The summed E-state index contributed by atoms with van der Waals surface area (Å²) in [7, 11) is 1.73. The van der Waals surface area contributed by atoms with Gasteiger partial charge in [-0.05, 0) is 48.3 Å². The zero-order valence-electron chi connectivity index (χ0n) is 17.0. The van der Waals surface area contributed by atoms with Crippen LogP contribution in [0.1, 0.15) is 43.0 Å². The van der Waals surface area contributed by atoms with E-state index in [2.05, 4.69) is 57.1 Å². The van der Waals surface area contributed by atoms with Crippen molar-refractivity contribution in [2.45, 2.75) is 44.4 Å². The van der Waals surface area contributed by atoms with E-state index >= 15 is 0 Å². The van der Waals surface area contributed by atoms with E-state index in [1.807, 2.05) is 6.20 Å². The van der Waals surface area contributed by atoms with Gasteiger partial charge in [0.2, 0.25) is 0 Å². The van der Waals surface area contributed by atoms with Crippen LogP contribution < -0.4 is 5.32 Å². The normalized spacial score (nSPS) is 28.7. The summed E-state index contributed by atoms with van der Waals surface area (Å²) in [6.45, 7) is 2.79. The van der Waals surface area contributed by atoms with Crippen LogP contribution >= 0.6 is 0 Å². The molecule has 2 aromatic heterocycles. The molecular weight excluding hydrogens is 364 g/mol. The van der Waals surface area contributed by atoms with E-state index in [1.165, 1.54) is 11.1 Å². The number of anilines is 1. The highest BCUT2D eigenvalue weighted by molar-refractivity contribution is 5.87. The highest BCUT2D eigenvalue weighted by Gasteiger charge is 2.41. The summed E-state index contributed by atoms with van der Waals surface area (Å²) in [5.41, 5.74) is 3.66. The molecule has 152 valence electrons. The van der Waals surface area contributed by atoms with Crippen LogP contribution in [0.25, 0.3) is 11.0 Å². The lowest BCUT2D eigenvalue weighted by Crippen LogP contribution is -2.23. The van der Waals surface area contributed by atoms with Gasteiger partial charge in [0, 0.05) is 19.9 Å². The minimum Gasteiger partial charge on any atom is -0.391 e. The predicted molar refractivity (Wildman–Crippen MR) is 113 cm³/mol. The molecule has 1 saturated carbocycles. The SMILES string of the molecule is COC[C@@H]1C[C@@H](n2ccc3c(NC4CCc5ccccc54)ncnc32)[C@@H](O)C1C. The smallest absolute Gasteiger partial charge is 0.145 e. The first-order chi connectivity index (χ1) is 14.2. The summed E-state index contributed by atoms with van der Waals surface area (Å²) >= 11 is 0. The minimum atomic E-state index is -0.404. The molecule has 2 N–H and O–H groups in total. The molecule has 3 aromatic rings. The summed E-state index contributed by atoms with van der Waals surface area (Å²) < 4.78 is 7.49. The number of aliphatic hydroxyl groups is 1. The molecule has 0 radical (unpaired) electrons. The fourth-order valence-electron chi connectivity index (χ4n) is 5.23. The third-order valence-electron chi connectivity index (χ3n) is 6.91. The van der Waals surface area contributed by atoms with E-state index in [0.717, 1.165) is 36.1 Å². The van der Waals surface area contributed by atoms with Crippen molar-refractivity contribution in [3.8, 4) is 0 Å². The van der Waals surface area contributed by atoms with Gasteiger partial charge in [0.05, 0.1) is 23.6 Å². The summed E-state index contributed by atoms with van der Waals surface area (Å²) in [6.07, 6.45) is 6.32. The molecule has 2 aliphatic carbocycles. The van der Waals surface area contributed by atoms with Gasteiger partial charge in [-0.15, -0.1) is 0 Å². The van der Waals surface area contributed by atoms with Crippen molar-refractivity contribution in [2.24, 2.45) is 11.8 Å². The third kappa shape index (κ3) is 3.11. The average molecular weight is 393 g/mol. The van der Waals surface area contributed by atoms with Crippen LogP contribution in [0.4, 0.5) is 5.82 Å². The van der Waals surface area contributed by atoms with Crippen LogP contribution in [-0.4, -0.2) is 39.5 Å². The number of benzene rings is 1. The van der Waals surface area contributed by atoms with E-state index in [-0.39, 0.29) is 18.0 Å². The number of methoxy groups -OCH3 is 1. The van der Waals surface area contributed by atoms with Crippen molar-refractivity contribution in [3.63, 3.8) is 0 Å². The quantitative estimate of drug-likeness (QED) is 0.692. The van der Waals surface area contributed by atoms with Crippen molar-refractivity contribution in [2.75, 3.05) is 19.0 Å². The molecule has 2 aliphatic rings. The fraction of sp³-hybridized carbons (Fsp3) is 0.478. The maximum absolute atomic E-state index is 10.9. The van der Waals surface area contributed by atoms with Gasteiger partial charge < -0.3 is 19.7 Å². The van der Waals surface area contributed by atoms with Crippen molar-refractivity contribution >= 4 is 16.9 Å². The van der Waals surface area contributed by atoms with E-state index in [0.29, 0.717) is 12.5 Å². The van der Waals surface area contributed by atoms with Crippen molar-refractivity contribution in [1.29, 1.82) is 0 Å². The Balaban J connectivity index is 1.45. The van der Waals surface area contributed by atoms with E-state index in [1.54, 1.807) is 13.4 Å². The number of ether oxygens (including phenoxy) is 1. The second-order valence-electron chi connectivity index (χ2n) is 8.49. The van der Waals surface area contributed by atoms with Crippen LogP contribution in [0.15, 0.2) is 42.9 Å². The topological polar surface area (TPSA) is 72.2 Å². The van der Waals surface area contributed by atoms with Crippen LogP contribution in [0.5, 0.6) is 0 Å². The van der Waals surface area contributed by atoms with Crippen molar-refractivity contribution < 1.29 is 9.84 Å². The van der Waals surface area contributed by atoms with Gasteiger partial charge in [-0.2, -0.15) is 0 Å². The van der Waals surface area contributed by atoms with Gasteiger partial charge >= 0.3 is 0 Å². The van der Waals surface area contributed by atoms with Crippen LogP contribution in [-0.2, 0) is 11.2 Å². The Labute approximate surface area is 170 Å². The van der Waals surface area contributed by atoms with Gasteiger partial charge in [-0.25, -0.2) is 9.97 Å². The zero-order chi connectivity index (χ0) is 20.0. The first-order valence-corrected chi connectivity index (χ1v) is 10.5. The molecule has 2 heterocycles. The molecule has 6 heteroatoms. The number of rotatable bonds is 5. The Morgan fingerprint density at radius 1 is 1.24 bits per heavy atom. The molecule has 0 spiro atoms. The Kier molecular flexibility index (Phi) is 4.76. The Bertz CT molecular complexity index is 1020. The molecule has 0 saturated heterocycles. The predicted octanol–water partition coefficient (Wildman–Crippen LogP) is 3.74. The molecule has 0 amide bonds. The number of nitrogens with zero attached hydrogens (tertiary/aromatic N) is 3. The second-order valence-corrected chi connectivity index (χ2v) is 8.49. The Hall–Kier alpha value is -2.44. The van der Waals surface area contributed by atoms with Crippen LogP contribution in [0.2, 0.25) is 0 Å². The van der Waals surface area contributed by atoms with Crippen molar-refractivity contribution in [1.82, 2.24) is 14.5 Å². The monoisotopic (exact) mass is 392 g/mol. The van der Waals surface area contributed by atoms with Gasteiger partial charge in [-0.3, -0.25) is 0 Å². The third-order valence-corrected chi connectivity index (χ3v) is 6.91. The van der Waals surface area contributed by atoms with Crippen LogP contribution in [0, 0.1) is 11.8 Å². The fourth-order valence-corrected chi connectivity index (χ4v) is 5.23. The Morgan fingerprint density at radius 3 is 2.97 bits per heavy atom. The maximum Gasteiger partial charge on any atom is 0.145 e. The average Bonchev–Trinajstić information content (AvgIpc) is 3.42. The van der Waals surface area contributed by atoms with E-state index < -0.39 is 6.10 Å². The molecular formula is C23H28N4O2. The molecule has 1 fully saturated rings. The first kappa shape index (κ1) is 18.6. The first-order valence-electron chi connectivity index (χ1n) is 10.5. The largest absolute Gasteiger partial charge is 0.391 e. The summed E-state index contributed by atoms with van der Waals surface area (Å²) in [6, 6.07) is 11.0. The molecule has 1 aromatic carbocycles. The van der Waals surface area contributed by atoms with Gasteiger partial charge in [-0.1, -0.05) is 31.2 Å². The summed E-state index contributed by atoms with van der Waals surface area (Å²) in [5, 5.41) is 15.5. The molecule has 2 unspecified atom stereocenters. The molecule has 5 atom stereocenters. The lowest BCUT2D eigenvalue weighted by Gasteiger charge is -2.20. The van der Waals surface area contributed by atoms with E-state index in [9.17, 15) is 5.11 Å². The maximum atomic E-state index is 10.9. The number of aliphatic hydroxyl groups excluding tert-OH is 1. The standard InChI is InChI=1S/C23H28N4O2/c1-14-16(12-29-2)11-20(21(14)28)27-10-9-18-22(24-13-25-23(18)27)26-19-8-7-15-5-3-4-6-17(15)19/h3-6,9-10,13-14,16,19-21,28H,7-8,11-12H2,1-2H3,(H,24,25,26)/t14?,16-,19?,20+,21-/m0/s1. The Morgan fingerprint density at radius 2 is 2.10 bits per heavy atom. The van der Waals surface area contributed by atoms with Crippen molar-refractivity contribution in [3.05, 3.63) is 54.0 Å². The summed E-state index contributed by atoms with van der Waals surface area (Å²) in [5.74, 6) is 1.42.